The molecule has 0 radical (unpaired) electrons. The van der Waals surface area contributed by atoms with E-state index < -0.39 is 35.0 Å². The summed E-state index contributed by atoms with van der Waals surface area (Å²) in [5.41, 5.74) is -0.404. The van der Waals surface area contributed by atoms with E-state index >= 15 is 0 Å². The summed E-state index contributed by atoms with van der Waals surface area (Å²) >= 11 is 0. The molecule has 0 saturated heterocycles. The number of benzene rings is 2. The molecule has 100 valence electrons. The van der Waals surface area contributed by atoms with Crippen LogP contribution in [-0.2, 0) is 0 Å². The zero-order valence-electron chi connectivity index (χ0n) is 9.86. The van der Waals surface area contributed by atoms with Gasteiger partial charge in [0.25, 0.3) is 11.8 Å². The maximum absolute atomic E-state index is 13.7. The third-order valence-corrected chi connectivity index (χ3v) is 3.02. The van der Waals surface area contributed by atoms with E-state index in [2.05, 4.69) is 0 Å². The molecule has 2 aromatic rings. The molecular weight excluding hydrogens is 271 g/mol. The largest absolute Gasteiger partial charge is 0.268 e. The van der Waals surface area contributed by atoms with E-state index in [1.165, 1.54) is 12.1 Å². The Morgan fingerprint density at radius 3 is 1.80 bits per heavy atom. The highest BCUT2D eigenvalue weighted by molar-refractivity contribution is 6.34. The van der Waals surface area contributed by atoms with Gasteiger partial charge in [-0.15, -0.1) is 0 Å². The Morgan fingerprint density at radius 1 is 0.750 bits per heavy atom. The highest BCUT2D eigenvalue weighted by Gasteiger charge is 2.38. The van der Waals surface area contributed by atoms with Crippen LogP contribution in [0.25, 0.3) is 0 Å². The quantitative estimate of drug-likeness (QED) is 0.593. The standard InChI is InChI=1S/C14H6F3NO2/c15-9-5-11(17)12(6-10(9)16)18-13(19)7-3-1-2-4-8(7)14(18)20/h1-6H. The van der Waals surface area contributed by atoms with E-state index in [-0.39, 0.29) is 11.1 Å². The lowest BCUT2D eigenvalue weighted by atomic mass is 10.1. The molecule has 0 atom stereocenters. The van der Waals surface area contributed by atoms with Gasteiger partial charge in [0, 0.05) is 12.1 Å². The van der Waals surface area contributed by atoms with Gasteiger partial charge in [0.1, 0.15) is 0 Å². The van der Waals surface area contributed by atoms with Crippen LogP contribution < -0.4 is 4.90 Å². The Kier molecular flexibility index (Phi) is 2.60. The van der Waals surface area contributed by atoms with Gasteiger partial charge in [-0.1, -0.05) is 12.1 Å². The van der Waals surface area contributed by atoms with Crippen molar-refractivity contribution in [1.29, 1.82) is 0 Å². The smallest absolute Gasteiger partial charge is 0.266 e. The maximum Gasteiger partial charge on any atom is 0.266 e. The van der Waals surface area contributed by atoms with Crippen LogP contribution in [0.3, 0.4) is 0 Å². The number of amides is 2. The average Bonchev–Trinajstić information content (AvgIpc) is 2.68. The number of carbonyl (C=O) groups is 2. The van der Waals surface area contributed by atoms with E-state index in [4.69, 9.17) is 0 Å². The summed E-state index contributed by atoms with van der Waals surface area (Å²) in [6.45, 7) is 0. The lowest BCUT2D eigenvalue weighted by Gasteiger charge is -2.14. The fourth-order valence-corrected chi connectivity index (χ4v) is 2.09. The molecule has 2 amide bonds. The van der Waals surface area contributed by atoms with Gasteiger partial charge in [-0.2, -0.15) is 0 Å². The van der Waals surface area contributed by atoms with Crippen LogP contribution in [0.4, 0.5) is 18.9 Å². The van der Waals surface area contributed by atoms with Crippen molar-refractivity contribution in [2.24, 2.45) is 0 Å². The van der Waals surface area contributed by atoms with Gasteiger partial charge in [-0.3, -0.25) is 9.59 Å². The van der Waals surface area contributed by atoms with Crippen LogP contribution in [-0.4, -0.2) is 11.8 Å². The molecule has 0 fully saturated rings. The van der Waals surface area contributed by atoms with Crippen LogP contribution >= 0.6 is 0 Å². The molecule has 0 aliphatic carbocycles. The third-order valence-electron chi connectivity index (χ3n) is 3.02. The number of fused-ring (bicyclic) bond motifs is 1. The van der Waals surface area contributed by atoms with E-state index in [0.29, 0.717) is 17.0 Å². The van der Waals surface area contributed by atoms with E-state index in [1.807, 2.05) is 0 Å². The minimum absolute atomic E-state index is 0.0987. The lowest BCUT2D eigenvalue weighted by molar-refractivity contribution is 0.0924. The number of carbonyl (C=O) groups excluding carboxylic acids is 2. The van der Waals surface area contributed by atoms with E-state index in [0.717, 1.165) is 0 Å². The Morgan fingerprint density at radius 2 is 1.25 bits per heavy atom. The van der Waals surface area contributed by atoms with E-state index in [1.54, 1.807) is 12.1 Å². The predicted octanol–water partition coefficient (Wildman–Crippen LogP) is 2.90. The first-order chi connectivity index (χ1) is 9.50. The molecule has 0 unspecified atom stereocenters. The SMILES string of the molecule is O=C1c2ccccc2C(=O)N1c1cc(F)c(F)cc1F. The molecule has 2 aromatic carbocycles. The molecule has 0 saturated carbocycles. The van der Waals surface area contributed by atoms with Crippen LogP contribution in [0.5, 0.6) is 0 Å². The summed E-state index contributed by atoms with van der Waals surface area (Å²) in [6, 6.07) is 6.71. The predicted molar refractivity (Wildman–Crippen MR) is 63.9 cm³/mol. The second-order valence-electron chi connectivity index (χ2n) is 4.21. The Hall–Kier alpha value is -2.63. The molecule has 3 rings (SSSR count). The summed E-state index contributed by atoms with van der Waals surface area (Å²) in [7, 11) is 0. The summed E-state index contributed by atoms with van der Waals surface area (Å²) in [4.78, 5) is 24.7. The normalized spacial score (nSPS) is 13.8. The summed E-state index contributed by atoms with van der Waals surface area (Å²) < 4.78 is 39.8. The highest BCUT2D eigenvalue weighted by Crippen LogP contribution is 2.31. The first kappa shape index (κ1) is 12.4. The molecule has 0 N–H and O–H groups in total. The number of hydrogen-bond acceptors (Lipinski definition) is 2. The van der Waals surface area contributed by atoms with Gasteiger partial charge >= 0.3 is 0 Å². The van der Waals surface area contributed by atoms with Crippen molar-refractivity contribution in [3.8, 4) is 0 Å². The van der Waals surface area contributed by atoms with Gasteiger partial charge in [0.15, 0.2) is 17.5 Å². The van der Waals surface area contributed by atoms with Crippen molar-refractivity contribution in [3.05, 3.63) is 65.0 Å². The van der Waals surface area contributed by atoms with Crippen molar-refractivity contribution in [1.82, 2.24) is 0 Å². The number of halogens is 3. The topological polar surface area (TPSA) is 37.4 Å². The molecule has 20 heavy (non-hydrogen) atoms. The van der Waals surface area contributed by atoms with E-state index in [9.17, 15) is 22.8 Å². The number of anilines is 1. The Balaban J connectivity index is 2.17. The third kappa shape index (κ3) is 1.61. The second-order valence-corrected chi connectivity index (χ2v) is 4.21. The van der Waals surface area contributed by atoms with Gasteiger partial charge in [-0.05, 0) is 12.1 Å². The van der Waals surface area contributed by atoms with Crippen molar-refractivity contribution in [3.63, 3.8) is 0 Å². The number of imide groups is 1. The molecule has 0 spiro atoms. The second kappa shape index (κ2) is 4.19. The Labute approximate surface area is 111 Å². The van der Waals surface area contributed by atoms with Crippen molar-refractivity contribution < 1.29 is 22.8 Å². The minimum Gasteiger partial charge on any atom is -0.268 e. The van der Waals surface area contributed by atoms with Crippen LogP contribution in [0, 0.1) is 17.5 Å². The molecule has 1 heterocycles. The molecule has 1 aliphatic heterocycles. The molecule has 3 nitrogen and oxygen atoms in total. The average molecular weight is 277 g/mol. The van der Waals surface area contributed by atoms with Crippen LogP contribution in [0.2, 0.25) is 0 Å². The Bertz CT molecular complexity index is 723. The summed E-state index contributed by atoms with van der Waals surface area (Å²) in [6.07, 6.45) is 0. The van der Waals surface area contributed by atoms with Gasteiger partial charge in [-0.25, -0.2) is 18.1 Å². The van der Waals surface area contributed by atoms with Crippen molar-refractivity contribution in [2.45, 2.75) is 0 Å². The number of rotatable bonds is 1. The highest BCUT2D eigenvalue weighted by atomic mass is 19.2. The summed E-state index contributed by atoms with van der Waals surface area (Å²) in [5.74, 6) is -5.44. The molecule has 6 heteroatoms. The van der Waals surface area contributed by atoms with Gasteiger partial charge in [0.05, 0.1) is 16.8 Å². The van der Waals surface area contributed by atoms with Crippen LogP contribution in [0.15, 0.2) is 36.4 Å². The molecule has 1 aliphatic rings. The zero-order valence-corrected chi connectivity index (χ0v) is 9.86. The minimum atomic E-state index is -1.39. The maximum atomic E-state index is 13.7. The first-order valence-corrected chi connectivity index (χ1v) is 5.63. The monoisotopic (exact) mass is 277 g/mol. The first-order valence-electron chi connectivity index (χ1n) is 5.63. The summed E-state index contributed by atoms with van der Waals surface area (Å²) in [5, 5.41) is 0. The van der Waals surface area contributed by atoms with Gasteiger partial charge in [0.2, 0.25) is 0 Å². The number of nitrogens with zero attached hydrogens (tertiary/aromatic N) is 1. The van der Waals surface area contributed by atoms with Crippen molar-refractivity contribution >= 4 is 17.5 Å². The van der Waals surface area contributed by atoms with Crippen LogP contribution in [0.1, 0.15) is 20.7 Å². The van der Waals surface area contributed by atoms with Gasteiger partial charge < -0.3 is 0 Å². The fourth-order valence-electron chi connectivity index (χ4n) is 2.09. The molecule has 0 bridgehead atoms. The fraction of sp³-hybridized carbons (Fsp3) is 0. The van der Waals surface area contributed by atoms with Crippen molar-refractivity contribution in [2.75, 3.05) is 4.90 Å². The molecular formula is C14H6F3NO2. The molecule has 0 aromatic heterocycles. The number of hydrogen-bond donors (Lipinski definition) is 0. The zero-order chi connectivity index (χ0) is 14.4. The lowest BCUT2D eigenvalue weighted by Crippen LogP contribution is -2.30.